The van der Waals surface area contributed by atoms with Crippen molar-refractivity contribution in [1.82, 2.24) is 10.6 Å². The van der Waals surface area contributed by atoms with Crippen molar-refractivity contribution in [1.29, 1.82) is 0 Å². The van der Waals surface area contributed by atoms with Gasteiger partial charge in [-0.2, -0.15) is 0 Å². The summed E-state index contributed by atoms with van der Waals surface area (Å²) in [4.78, 5) is 11.8. The number of nitrogens with one attached hydrogen (secondary N) is 2. The SMILES string of the molecule is CC1CCCCC1OCCNC(=O)NC1CCC(O)CC1. The number of rotatable bonds is 5. The second-order valence-corrected chi connectivity index (χ2v) is 6.58. The second kappa shape index (κ2) is 8.59. The Morgan fingerprint density at radius 3 is 2.57 bits per heavy atom. The van der Waals surface area contributed by atoms with Crippen molar-refractivity contribution in [3.63, 3.8) is 0 Å². The van der Waals surface area contributed by atoms with Gasteiger partial charge in [0.15, 0.2) is 0 Å². The zero-order chi connectivity index (χ0) is 15.1. The lowest BCUT2D eigenvalue weighted by Gasteiger charge is -2.29. The molecule has 0 radical (unpaired) electrons. The van der Waals surface area contributed by atoms with Gasteiger partial charge in [0.05, 0.1) is 18.8 Å². The van der Waals surface area contributed by atoms with Crippen molar-refractivity contribution in [3.05, 3.63) is 0 Å². The number of urea groups is 1. The van der Waals surface area contributed by atoms with E-state index in [9.17, 15) is 9.90 Å². The molecule has 2 fully saturated rings. The second-order valence-electron chi connectivity index (χ2n) is 6.58. The van der Waals surface area contributed by atoms with Crippen LogP contribution in [0.15, 0.2) is 0 Å². The average molecular weight is 298 g/mol. The molecule has 2 saturated carbocycles. The molecule has 0 aliphatic heterocycles. The summed E-state index contributed by atoms with van der Waals surface area (Å²) in [5.74, 6) is 0.640. The van der Waals surface area contributed by atoms with Gasteiger partial charge in [-0.1, -0.05) is 19.8 Å². The molecule has 21 heavy (non-hydrogen) atoms. The first kappa shape index (κ1) is 16.6. The average Bonchev–Trinajstić information content (AvgIpc) is 2.48. The molecular formula is C16H30N2O3. The minimum Gasteiger partial charge on any atom is -0.393 e. The van der Waals surface area contributed by atoms with Gasteiger partial charge in [-0.15, -0.1) is 0 Å². The Labute approximate surface area is 127 Å². The molecule has 0 aromatic carbocycles. The van der Waals surface area contributed by atoms with E-state index in [0.717, 1.165) is 32.1 Å². The monoisotopic (exact) mass is 298 g/mol. The lowest BCUT2D eigenvalue weighted by Crippen LogP contribution is -2.45. The first-order valence-corrected chi connectivity index (χ1v) is 8.49. The van der Waals surface area contributed by atoms with Crippen LogP contribution >= 0.6 is 0 Å². The highest BCUT2D eigenvalue weighted by molar-refractivity contribution is 5.74. The van der Waals surface area contributed by atoms with Gasteiger partial charge in [-0.3, -0.25) is 0 Å². The van der Waals surface area contributed by atoms with E-state index >= 15 is 0 Å². The molecule has 3 N–H and O–H groups in total. The molecule has 0 aromatic heterocycles. The van der Waals surface area contributed by atoms with Gasteiger partial charge < -0.3 is 20.5 Å². The fourth-order valence-corrected chi connectivity index (χ4v) is 3.36. The third-order valence-corrected chi connectivity index (χ3v) is 4.78. The van der Waals surface area contributed by atoms with Crippen LogP contribution in [0, 0.1) is 5.92 Å². The van der Waals surface area contributed by atoms with Gasteiger partial charge >= 0.3 is 6.03 Å². The first-order chi connectivity index (χ1) is 10.1. The molecule has 0 saturated heterocycles. The molecule has 2 atom stereocenters. The number of aliphatic hydroxyl groups is 1. The summed E-state index contributed by atoms with van der Waals surface area (Å²) >= 11 is 0. The number of amides is 2. The van der Waals surface area contributed by atoms with Crippen LogP contribution in [0.25, 0.3) is 0 Å². The van der Waals surface area contributed by atoms with Gasteiger partial charge in [0.1, 0.15) is 0 Å². The van der Waals surface area contributed by atoms with Crippen molar-refractivity contribution in [2.24, 2.45) is 5.92 Å². The van der Waals surface area contributed by atoms with E-state index in [2.05, 4.69) is 17.6 Å². The molecule has 122 valence electrons. The first-order valence-electron chi connectivity index (χ1n) is 8.49. The maximum Gasteiger partial charge on any atom is 0.315 e. The van der Waals surface area contributed by atoms with Crippen LogP contribution in [0.5, 0.6) is 0 Å². The number of ether oxygens (including phenoxy) is 1. The molecule has 2 rings (SSSR count). The number of hydrogen-bond donors (Lipinski definition) is 3. The highest BCUT2D eigenvalue weighted by Gasteiger charge is 2.22. The molecule has 5 nitrogen and oxygen atoms in total. The van der Waals surface area contributed by atoms with Crippen LogP contribution in [0.1, 0.15) is 58.3 Å². The molecule has 2 unspecified atom stereocenters. The number of carbonyl (C=O) groups excluding carboxylic acids is 1. The topological polar surface area (TPSA) is 70.6 Å². The third-order valence-electron chi connectivity index (χ3n) is 4.78. The van der Waals surface area contributed by atoms with E-state index < -0.39 is 0 Å². The number of aliphatic hydroxyl groups excluding tert-OH is 1. The van der Waals surface area contributed by atoms with Crippen LogP contribution in [-0.4, -0.2) is 42.5 Å². The van der Waals surface area contributed by atoms with Crippen molar-refractivity contribution >= 4 is 6.03 Å². The summed E-state index contributed by atoms with van der Waals surface area (Å²) < 4.78 is 5.87. The Bertz CT molecular complexity index is 317. The Morgan fingerprint density at radius 1 is 1.14 bits per heavy atom. The predicted octanol–water partition coefficient (Wildman–Crippen LogP) is 2.18. The number of carbonyl (C=O) groups is 1. The highest BCUT2D eigenvalue weighted by Crippen LogP contribution is 2.26. The molecule has 0 heterocycles. The van der Waals surface area contributed by atoms with Gasteiger partial charge in [0.2, 0.25) is 0 Å². The van der Waals surface area contributed by atoms with Crippen molar-refractivity contribution in [2.75, 3.05) is 13.2 Å². The summed E-state index contributed by atoms with van der Waals surface area (Å²) in [7, 11) is 0. The maximum absolute atomic E-state index is 11.8. The number of hydrogen-bond acceptors (Lipinski definition) is 3. The highest BCUT2D eigenvalue weighted by atomic mass is 16.5. The van der Waals surface area contributed by atoms with Crippen LogP contribution in [0.2, 0.25) is 0 Å². The molecular weight excluding hydrogens is 268 g/mol. The van der Waals surface area contributed by atoms with Gasteiger partial charge in [-0.25, -0.2) is 4.79 Å². The van der Waals surface area contributed by atoms with E-state index in [1.807, 2.05) is 0 Å². The van der Waals surface area contributed by atoms with E-state index in [4.69, 9.17) is 4.74 Å². The summed E-state index contributed by atoms with van der Waals surface area (Å²) in [6, 6.07) is 0.0874. The molecule has 2 aliphatic rings. The van der Waals surface area contributed by atoms with Gasteiger partial charge in [0, 0.05) is 12.6 Å². The molecule has 2 amide bonds. The fraction of sp³-hybridized carbons (Fsp3) is 0.938. The fourth-order valence-electron chi connectivity index (χ4n) is 3.36. The summed E-state index contributed by atoms with van der Waals surface area (Å²) in [5.41, 5.74) is 0. The molecule has 0 bridgehead atoms. The van der Waals surface area contributed by atoms with Crippen molar-refractivity contribution < 1.29 is 14.6 Å². The van der Waals surface area contributed by atoms with Crippen LogP contribution in [0.3, 0.4) is 0 Å². The van der Waals surface area contributed by atoms with Gasteiger partial charge in [0.25, 0.3) is 0 Å². The van der Waals surface area contributed by atoms with E-state index in [1.165, 1.54) is 19.3 Å². The summed E-state index contributed by atoms with van der Waals surface area (Å²) in [6.45, 7) is 3.40. The predicted molar refractivity (Wildman–Crippen MR) is 82.2 cm³/mol. The lowest BCUT2D eigenvalue weighted by molar-refractivity contribution is -0.00246. The Balaban J connectivity index is 1.53. The smallest absolute Gasteiger partial charge is 0.315 e. The van der Waals surface area contributed by atoms with E-state index in [0.29, 0.717) is 25.2 Å². The molecule has 5 heteroatoms. The van der Waals surface area contributed by atoms with E-state index in [-0.39, 0.29) is 18.2 Å². The Morgan fingerprint density at radius 2 is 1.86 bits per heavy atom. The van der Waals surface area contributed by atoms with Crippen LogP contribution in [0.4, 0.5) is 4.79 Å². The largest absolute Gasteiger partial charge is 0.393 e. The van der Waals surface area contributed by atoms with Crippen molar-refractivity contribution in [2.45, 2.75) is 76.5 Å². The van der Waals surface area contributed by atoms with Crippen LogP contribution in [-0.2, 0) is 4.74 Å². The van der Waals surface area contributed by atoms with Gasteiger partial charge in [-0.05, 0) is 44.4 Å². The summed E-state index contributed by atoms with van der Waals surface area (Å²) in [6.07, 6.45) is 8.47. The zero-order valence-corrected chi connectivity index (χ0v) is 13.1. The lowest BCUT2D eigenvalue weighted by atomic mass is 9.88. The molecule has 0 spiro atoms. The van der Waals surface area contributed by atoms with Crippen molar-refractivity contribution in [3.8, 4) is 0 Å². The maximum atomic E-state index is 11.8. The van der Waals surface area contributed by atoms with Crippen LogP contribution < -0.4 is 10.6 Å². The quantitative estimate of drug-likeness (QED) is 0.681. The zero-order valence-electron chi connectivity index (χ0n) is 13.1. The Hall–Kier alpha value is -0.810. The minimum absolute atomic E-state index is 0.114. The standard InChI is InChI=1S/C16H30N2O3/c1-12-4-2-3-5-15(12)21-11-10-17-16(20)18-13-6-8-14(19)9-7-13/h12-15,19H,2-11H2,1H3,(H2,17,18,20). The minimum atomic E-state index is -0.183. The summed E-state index contributed by atoms with van der Waals surface area (Å²) in [5, 5.41) is 15.3. The molecule has 2 aliphatic carbocycles. The molecule has 0 aromatic rings. The third kappa shape index (κ3) is 5.83. The normalized spacial score (nSPS) is 33.4. The Kier molecular flexibility index (Phi) is 6.77. The van der Waals surface area contributed by atoms with E-state index in [1.54, 1.807) is 0 Å².